The van der Waals surface area contributed by atoms with E-state index in [-0.39, 0.29) is 32.6 Å². The Morgan fingerprint density at radius 2 is 1.15 bits per heavy atom. The summed E-state index contributed by atoms with van der Waals surface area (Å²) < 4.78 is 10.4. The zero-order chi connectivity index (χ0) is 23.8. The Bertz CT molecular complexity index is 977. The molecular formula is C30H38O4. The Kier molecular flexibility index (Phi) is 10.3. The molecule has 0 aliphatic heterocycles. The lowest BCUT2D eigenvalue weighted by molar-refractivity contribution is -0.141. The first-order chi connectivity index (χ1) is 15.8. The van der Waals surface area contributed by atoms with Crippen LogP contribution in [0.25, 0.3) is 0 Å². The maximum absolute atomic E-state index is 11.5. The molecule has 0 heterocycles. The third-order valence-corrected chi connectivity index (χ3v) is 6.28. The molecule has 3 rings (SSSR count). The lowest BCUT2D eigenvalue weighted by Crippen LogP contribution is -2.15. The van der Waals surface area contributed by atoms with Crippen LogP contribution < -0.4 is 0 Å². The third kappa shape index (κ3) is 8.02. The normalized spacial score (nSPS) is 17.2. The Morgan fingerprint density at radius 3 is 1.59 bits per heavy atom. The van der Waals surface area contributed by atoms with Crippen LogP contribution >= 0.6 is 0 Å². The van der Waals surface area contributed by atoms with E-state index in [4.69, 9.17) is 9.47 Å². The van der Waals surface area contributed by atoms with Gasteiger partial charge in [-0.3, -0.25) is 0 Å². The zero-order valence-electron chi connectivity index (χ0n) is 19.8. The van der Waals surface area contributed by atoms with Gasteiger partial charge in [0.15, 0.2) is 0 Å². The molecule has 2 aromatic rings. The van der Waals surface area contributed by atoms with Crippen molar-refractivity contribution in [2.45, 2.75) is 72.5 Å². The van der Waals surface area contributed by atoms with Crippen LogP contribution in [0.2, 0.25) is 0 Å². The van der Waals surface area contributed by atoms with Crippen molar-refractivity contribution in [1.82, 2.24) is 0 Å². The first-order valence-electron chi connectivity index (χ1n) is 11.6. The molecule has 1 aliphatic carbocycles. The Labute approximate surface area is 204 Å². The average molecular weight is 463 g/mol. The number of rotatable bonds is 9. The van der Waals surface area contributed by atoms with Gasteiger partial charge in [0.05, 0.1) is 0 Å². The van der Waals surface area contributed by atoms with Gasteiger partial charge in [0.2, 0.25) is 0 Å². The number of hydrogen-bond donors (Lipinski definition) is 0. The number of carbonyl (C=O) groups excluding carboxylic acids is 2. The molecule has 1 saturated carbocycles. The number of ether oxygens (including phenoxy) is 2. The van der Waals surface area contributed by atoms with Crippen LogP contribution in [-0.4, -0.2) is 11.9 Å². The first-order valence-corrected chi connectivity index (χ1v) is 11.6. The fraction of sp³-hybridized carbons (Fsp3) is 0.400. The van der Waals surface area contributed by atoms with E-state index in [1.54, 1.807) is 13.8 Å². The third-order valence-electron chi connectivity index (χ3n) is 6.28. The van der Waals surface area contributed by atoms with Crippen molar-refractivity contribution in [3.8, 4) is 0 Å². The van der Waals surface area contributed by atoms with Crippen molar-refractivity contribution in [3.05, 3.63) is 95.1 Å². The van der Waals surface area contributed by atoms with Crippen molar-refractivity contribution >= 4 is 11.9 Å². The van der Waals surface area contributed by atoms with Crippen LogP contribution in [0.5, 0.6) is 0 Å². The summed E-state index contributed by atoms with van der Waals surface area (Å²) in [5.41, 5.74) is 5.54. The molecule has 0 amide bonds. The molecule has 34 heavy (non-hydrogen) atoms. The van der Waals surface area contributed by atoms with E-state index in [1.165, 1.54) is 36.8 Å². The molecule has 0 unspecified atom stereocenters. The van der Waals surface area contributed by atoms with Crippen molar-refractivity contribution < 1.29 is 19.1 Å². The average Bonchev–Trinajstić information content (AvgIpc) is 2.82. The largest absolute Gasteiger partial charge is 0.457 e. The van der Waals surface area contributed by atoms with Gasteiger partial charge in [-0.2, -0.15) is 0 Å². The zero-order valence-corrected chi connectivity index (χ0v) is 19.8. The number of esters is 2. The Balaban J connectivity index is 0.00000408. The van der Waals surface area contributed by atoms with Crippen LogP contribution in [-0.2, 0) is 38.7 Å². The van der Waals surface area contributed by atoms with E-state index in [2.05, 4.69) is 49.6 Å². The van der Waals surface area contributed by atoms with E-state index in [0.29, 0.717) is 23.0 Å². The van der Waals surface area contributed by atoms with E-state index < -0.39 is 0 Å². The Hall–Kier alpha value is -3.14. The summed E-state index contributed by atoms with van der Waals surface area (Å²) in [6.45, 7) is 11.1. The highest BCUT2D eigenvalue weighted by Crippen LogP contribution is 2.37. The highest BCUT2D eigenvalue weighted by molar-refractivity contribution is 5.87. The minimum absolute atomic E-state index is 0. The van der Waals surface area contributed by atoms with Gasteiger partial charge in [-0.15, -0.1) is 0 Å². The molecule has 0 N–H and O–H groups in total. The molecule has 182 valence electrons. The second kappa shape index (κ2) is 12.9. The molecule has 0 spiro atoms. The van der Waals surface area contributed by atoms with Crippen LogP contribution in [0, 0.1) is 5.92 Å². The highest BCUT2D eigenvalue weighted by atomic mass is 16.5. The molecule has 2 aromatic carbocycles. The fourth-order valence-corrected chi connectivity index (χ4v) is 4.23. The number of carbonyl (C=O) groups is 2. The second-order valence-electron chi connectivity index (χ2n) is 9.19. The standard InChI is InChI=1S/C29H34O4.CH4/c1-20(2)28(30)32-18-24-7-5-22(6-8-24)17-23-9-13-26(14-10-23)27-15-11-25(12-16-27)19-33-29(31)21(3)4;/h5-8,11-12,15-16,23,26H,1,3,9-10,13-14,17-19H2,2,4H3;1H4. The lowest BCUT2D eigenvalue weighted by Gasteiger charge is -2.29. The van der Waals surface area contributed by atoms with Gasteiger partial charge >= 0.3 is 11.9 Å². The predicted molar refractivity (Wildman–Crippen MR) is 137 cm³/mol. The molecule has 0 aromatic heterocycles. The van der Waals surface area contributed by atoms with Crippen LogP contribution in [0.4, 0.5) is 0 Å². The van der Waals surface area contributed by atoms with E-state index in [9.17, 15) is 9.59 Å². The maximum Gasteiger partial charge on any atom is 0.333 e. The molecule has 0 atom stereocenters. The van der Waals surface area contributed by atoms with Gasteiger partial charge in [0.1, 0.15) is 13.2 Å². The highest BCUT2D eigenvalue weighted by Gasteiger charge is 2.22. The van der Waals surface area contributed by atoms with Crippen LogP contribution in [0.1, 0.15) is 75.1 Å². The van der Waals surface area contributed by atoms with E-state index >= 15 is 0 Å². The molecule has 0 radical (unpaired) electrons. The molecule has 4 heteroatoms. The van der Waals surface area contributed by atoms with Crippen molar-refractivity contribution in [3.63, 3.8) is 0 Å². The molecule has 0 saturated heterocycles. The topological polar surface area (TPSA) is 52.6 Å². The van der Waals surface area contributed by atoms with Gasteiger partial charge in [0.25, 0.3) is 0 Å². The SMILES string of the molecule is C.C=C(C)C(=O)OCc1ccc(CC2CCC(c3ccc(COC(=O)C(=C)C)cc3)CC2)cc1. The summed E-state index contributed by atoms with van der Waals surface area (Å²) >= 11 is 0. The summed E-state index contributed by atoms with van der Waals surface area (Å²) in [5, 5.41) is 0. The van der Waals surface area contributed by atoms with E-state index in [0.717, 1.165) is 17.5 Å². The molecular weight excluding hydrogens is 424 g/mol. The van der Waals surface area contributed by atoms with Gasteiger partial charge in [-0.25, -0.2) is 9.59 Å². The fourth-order valence-electron chi connectivity index (χ4n) is 4.23. The quantitative estimate of drug-likeness (QED) is 0.295. The van der Waals surface area contributed by atoms with Gasteiger partial charge in [-0.1, -0.05) is 69.1 Å². The minimum atomic E-state index is -0.350. The van der Waals surface area contributed by atoms with Gasteiger partial charge < -0.3 is 9.47 Å². The van der Waals surface area contributed by atoms with Gasteiger partial charge in [-0.05, 0) is 80.0 Å². The number of hydrogen-bond acceptors (Lipinski definition) is 4. The maximum atomic E-state index is 11.5. The summed E-state index contributed by atoms with van der Waals surface area (Å²) in [6.07, 6.45) is 5.93. The molecule has 1 fully saturated rings. The summed E-state index contributed by atoms with van der Waals surface area (Å²) in [6, 6.07) is 16.8. The monoisotopic (exact) mass is 462 g/mol. The van der Waals surface area contributed by atoms with Crippen molar-refractivity contribution in [2.24, 2.45) is 5.92 Å². The smallest absolute Gasteiger partial charge is 0.333 e. The first kappa shape index (κ1) is 27.1. The predicted octanol–water partition coefficient (Wildman–Crippen LogP) is 7.08. The summed E-state index contributed by atoms with van der Waals surface area (Å²) in [5.74, 6) is 0.600. The van der Waals surface area contributed by atoms with Crippen LogP contribution in [0.15, 0.2) is 72.8 Å². The number of benzene rings is 2. The van der Waals surface area contributed by atoms with Crippen molar-refractivity contribution in [1.29, 1.82) is 0 Å². The Morgan fingerprint density at radius 1 is 0.735 bits per heavy atom. The summed E-state index contributed by atoms with van der Waals surface area (Å²) in [4.78, 5) is 23.1. The van der Waals surface area contributed by atoms with Gasteiger partial charge in [0, 0.05) is 11.1 Å². The minimum Gasteiger partial charge on any atom is -0.457 e. The molecule has 0 bridgehead atoms. The molecule has 4 nitrogen and oxygen atoms in total. The van der Waals surface area contributed by atoms with Crippen molar-refractivity contribution in [2.75, 3.05) is 0 Å². The van der Waals surface area contributed by atoms with Crippen LogP contribution in [0.3, 0.4) is 0 Å². The second-order valence-corrected chi connectivity index (χ2v) is 9.19. The molecule has 1 aliphatic rings. The van der Waals surface area contributed by atoms with E-state index in [1.807, 2.05) is 12.1 Å². The summed E-state index contributed by atoms with van der Waals surface area (Å²) in [7, 11) is 0. The lowest BCUT2D eigenvalue weighted by atomic mass is 9.76.